The van der Waals surface area contributed by atoms with E-state index in [1.54, 1.807) is 6.07 Å². The highest BCUT2D eigenvalue weighted by atomic mass is 16.2. The molecule has 1 aliphatic heterocycles. The molecule has 142 valence electrons. The molecular formula is C22H22N4O2. The van der Waals surface area contributed by atoms with Crippen LogP contribution < -0.4 is 5.32 Å². The third-order valence-electron chi connectivity index (χ3n) is 5.22. The van der Waals surface area contributed by atoms with Crippen LogP contribution in [-0.2, 0) is 0 Å². The van der Waals surface area contributed by atoms with Crippen molar-refractivity contribution in [2.24, 2.45) is 5.92 Å². The summed E-state index contributed by atoms with van der Waals surface area (Å²) in [6.07, 6.45) is 4.94. The summed E-state index contributed by atoms with van der Waals surface area (Å²) in [6.45, 7) is 1.92. The SMILES string of the molecule is O=C(NC[C@@H]1CCCN(C(=O)c2ccnnc2)C1)c1cccc2ccccc12. The van der Waals surface area contributed by atoms with Crippen molar-refractivity contribution >= 4 is 22.6 Å². The number of rotatable bonds is 4. The standard InChI is InChI=1S/C22H22N4O2/c27-21(20-9-3-7-17-6-1-2-8-19(17)20)23-13-16-5-4-12-26(15-16)22(28)18-10-11-24-25-14-18/h1-3,6-11,14,16H,4-5,12-13,15H2,(H,23,27)/t16-/m0/s1. The number of hydrogen-bond donors (Lipinski definition) is 1. The smallest absolute Gasteiger partial charge is 0.255 e. The molecule has 4 rings (SSSR count). The zero-order chi connectivity index (χ0) is 19.3. The van der Waals surface area contributed by atoms with Crippen molar-refractivity contribution in [2.75, 3.05) is 19.6 Å². The van der Waals surface area contributed by atoms with Gasteiger partial charge in [-0.05, 0) is 41.7 Å². The first kappa shape index (κ1) is 18.1. The summed E-state index contributed by atoms with van der Waals surface area (Å²) in [6, 6.07) is 15.3. The van der Waals surface area contributed by atoms with Crippen LogP contribution in [0, 0.1) is 5.92 Å². The van der Waals surface area contributed by atoms with Gasteiger partial charge in [-0.3, -0.25) is 9.59 Å². The summed E-state index contributed by atoms with van der Waals surface area (Å²) >= 11 is 0. The second kappa shape index (κ2) is 8.17. The minimum absolute atomic E-state index is 0.0278. The summed E-state index contributed by atoms with van der Waals surface area (Å²) in [5.41, 5.74) is 1.24. The minimum atomic E-state index is -0.0708. The van der Waals surface area contributed by atoms with Crippen LogP contribution >= 0.6 is 0 Å². The molecular weight excluding hydrogens is 352 g/mol. The number of carbonyl (C=O) groups is 2. The van der Waals surface area contributed by atoms with Crippen molar-refractivity contribution in [3.63, 3.8) is 0 Å². The molecule has 1 fully saturated rings. The lowest BCUT2D eigenvalue weighted by Crippen LogP contribution is -2.43. The molecule has 6 heteroatoms. The third kappa shape index (κ3) is 3.86. The minimum Gasteiger partial charge on any atom is -0.352 e. The Labute approximate surface area is 163 Å². The molecule has 2 aromatic carbocycles. The van der Waals surface area contributed by atoms with Crippen LogP contribution in [0.3, 0.4) is 0 Å². The molecule has 3 aromatic rings. The van der Waals surface area contributed by atoms with Gasteiger partial charge in [-0.25, -0.2) is 0 Å². The summed E-state index contributed by atoms with van der Waals surface area (Å²) in [7, 11) is 0. The molecule has 28 heavy (non-hydrogen) atoms. The second-order valence-corrected chi connectivity index (χ2v) is 7.13. The van der Waals surface area contributed by atoms with Crippen LogP contribution in [0.25, 0.3) is 10.8 Å². The molecule has 2 heterocycles. The van der Waals surface area contributed by atoms with Crippen LogP contribution in [0.5, 0.6) is 0 Å². The van der Waals surface area contributed by atoms with Gasteiger partial charge in [-0.1, -0.05) is 36.4 Å². The third-order valence-corrected chi connectivity index (χ3v) is 5.22. The fraction of sp³-hybridized carbons (Fsp3) is 0.273. The van der Waals surface area contributed by atoms with Gasteiger partial charge >= 0.3 is 0 Å². The molecule has 1 aliphatic rings. The van der Waals surface area contributed by atoms with Crippen molar-refractivity contribution in [1.29, 1.82) is 0 Å². The van der Waals surface area contributed by atoms with Crippen molar-refractivity contribution in [1.82, 2.24) is 20.4 Å². The Morgan fingerprint density at radius 1 is 1.07 bits per heavy atom. The largest absolute Gasteiger partial charge is 0.352 e. The van der Waals surface area contributed by atoms with E-state index in [0.717, 1.165) is 30.2 Å². The van der Waals surface area contributed by atoms with Gasteiger partial charge in [0.25, 0.3) is 11.8 Å². The van der Waals surface area contributed by atoms with Crippen LogP contribution in [-0.4, -0.2) is 46.5 Å². The molecule has 1 atom stereocenters. The predicted octanol–water partition coefficient (Wildman–Crippen LogP) is 2.91. The van der Waals surface area contributed by atoms with Gasteiger partial charge < -0.3 is 10.2 Å². The van der Waals surface area contributed by atoms with Gasteiger partial charge in [0.1, 0.15) is 0 Å². The van der Waals surface area contributed by atoms with Crippen LogP contribution in [0.4, 0.5) is 0 Å². The summed E-state index contributed by atoms with van der Waals surface area (Å²) in [4.78, 5) is 27.2. The number of carbonyl (C=O) groups excluding carboxylic acids is 2. The van der Waals surface area contributed by atoms with E-state index in [9.17, 15) is 9.59 Å². The highest BCUT2D eigenvalue weighted by Gasteiger charge is 2.25. The van der Waals surface area contributed by atoms with Gasteiger partial charge in [0.15, 0.2) is 0 Å². The van der Waals surface area contributed by atoms with E-state index in [4.69, 9.17) is 0 Å². The molecule has 6 nitrogen and oxygen atoms in total. The number of aromatic nitrogens is 2. The highest BCUT2D eigenvalue weighted by molar-refractivity contribution is 6.07. The van der Waals surface area contributed by atoms with E-state index in [2.05, 4.69) is 15.5 Å². The van der Waals surface area contributed by atoms with Crippen molar-refractivity contribution in [2.45, 2.75) is 12.8 Å². The first-order valence-corrected chi connectivity index (χ1v) is 9.54. The number of fused-ring (bicyclic) bond motifs is 1. The second-order valence-electron chi connectivity index (χ2n) is 7.13. The van der Waals surface area contributed by atoms with E-state index in [1.165, 1.54) is 12.4 Å². The normalized spacial score (nSPS) is 16.7. The first-order chi connectivity index (χ1) is 13.7. The lowest BCUT2D eigenvalue weighted by atomic mass is 9.97. The van der Waals surface area contributed by atoms with Gasteiger partial charge in [-0.15, -0.1) is 0 Å². The molecule has 0 unspecified atom stereocenters. The Morgan fingerprint density at radius 3 is 2.79 bits per heavy atom. The number of piperidine rings is 1. The Kier molecular flexibility index (Phi) is 5.28. The summed E-state index contributed by atoms with van der Waals surface area (Å²) in [5.74, 6) is 0.144. The van der Waals surface area contributed by atoms with Crippen molar-refractivity contribution in [3.05, 3.63) is 72.1 Å². The van der Waals surface area contributed by atoms with Crippen LogP contribution in [0.15, 0.2) is 60.9 Å². The van der Waals surface area contributed by atoms with E-state index in [0.29, 0.717) is 24.2 Å². The number of nitrogens with zero attached hydrogens (tertiary/aromatic N) is 3. The fourth-order valence-electron chi connectivity index (χ4n) is 3.77. The maximum Gasteiger partial charge on any atom is 0.255 e. The Bertz CT molecular complexity index is 985. The zero-order valence-electron chi connectivity index (χ0n) is 15.5. The maximum absolute atomic E-state index is 12.7. The molecule has 0 bridgehead atoms. The van der Waals surface area contributed by atoms with Crippen molar-refractivity contribution < 1.29 is 9.59 Å². The number of hydrogen-bond acceptors (Lipinski definition) is 4. The Morgan fingerprint density at radius 2 is 1.93 bits per heavy atom. The maximum atomic E-state index is 12.7. The monoisotopic (exact) mass is 374 g/mol. The number of amides is 2. The number of likely N-dealkylation sites (tertiary alicyclic amines) is 1. The van der Waals surface area contributed by atoms with E-state index in [-0.39, 0.29) is 17.7 Å². The molecule has 0 aliphatic carbocycles. The van der Waals surface area contributed by atoms with Gasteiger partial charge in [-0.2, -0.15) is 10.2 Å². The lowest BCUT2D eigenvalue weighted by molar-refractivity contribution is 0.0670. The molecule has 1 aromatic heterocycles. The topological polar surface area (TPSA) is 75.2 Å². The van der Waals surface area contributed by atoms with Gasteiger partial charge in [0.2, 0.25) is 0 Å². The summed E-state index contributed by atoms with van der Waals surface area (Å²) in [5, 5.41) is 12.6. The fourth-order valence-corrected chi connectivity index (χ4v) is 3.77. The van der Waals surface area contributed by atoms with Gasteiger partial charge in [0.05, 0.1) is 18.0 Å². The van der Waals surface area contributed by atoms with Gasteiger partial charge in [0, 0.05) is 25.2 Å². The quantitative estimate of drug-likeness (QED) is 0.762. The number of benzene rings is 2. The Hall–Kier alpha value is -3.28. The zero-order valence-corrected chi connectivity index (χ0v) is 15.5. The molecule has 0 radical (unpaired) electrons. The van der Waals surface area contributed by atoms with Crippen LogP contribution in [0.1, 0.15) is 33.6 Å². The van der Waals surface area contributed by atoms with Crippen LogP contribution in [0.2, 0.25) is 0 Å². The average molecular weight is 374 g/mol. The highest BCUT2D eigenvalue weighted by Crippen LogP contribution is 2.20. The Balaban J connectivity index is 1.39. The predicted molar refractivity (Wildman–Crippen MR) is 107 cm³/mol. The molecule has 0 spiro atoms. The molecule has 1 N–H and O–H groups in total. The van der Waals surface area contributed by atoms with Crippen molar-refractivity contribution in [3.8, 4) is 0 Å². The molecule has 1 saturated heterocycles. The first-order valence-electron chi connectivity index (χ1n) is 9.54. The lowest BCUT2D eigenvalue weighted by Gasteiger charge is -2.32. The summed E-state index contributed by atoms with van der Waals surface area (Å²) < 4.78 is 0. The van der Waals surface area contributed by atoms with E-state index < -0.39 is 0 Å². The molecule has 2 amide bonds. The molecule has 0 saturated carbocycles. The van der Waals surface area contributed by atoms with E-state index in [1.807, 2.05) is 47.4 Å². The average Bonchev–Trinajstić information content (AvgIpc) is 2.77. The number of nitrogens with one attached hydrogen (secondary N) is 1. The van der Waals surface area contributed by atoms with E-state index >= 15 is 0 Å².